The Labute approximate surface area is 148 Å². The quantitative estimate of drug-likeness (QED) is 0.885. The van der Waals surface area contributed by atoms with Crippen LogP contribution in [0.2, 0.25) is 0 Å². The maximum atomic E-state index is 12.1. The van der Waals surface area contributed by atoms with E-state index < -0.39 is 10.0 Å². The number of fused-ring (bicyclic) bond motifs is 1. The number of sulfonamides is 1. The average molecular weight is 361 g/mol. The van der Waals surface area contributed by atoms with Gasteiger partial charge in [0.25, 0.3) is 0 Å². The van der Waals surface area contributed by atoms with Gasteiger partial charge in [0.1, 0.15) is 5.75 Å². The molecule has 0 radical (unpaired) electrons. The fraction of sp³-hybridized carbons (Fsp3) is 0.500. The number of hydrogen-bond acceptors (Lipinski definition) is 5. The van der Waals surface area contributed by atoms with Gasteiger partial charge in [0.05, 0.1) is 17.9 Å². The van der Waals surface area contributed by atoms with Gasteiger partial charge in [-0.3, -0.25) is 4.98 Å². The standard InChI is InChI=1S/C18H23N3O3S/c1-24-14-2-5-17-16(12-14)18(6-9-19-17)21-10-7-13(8-11-21)20-25(22,23)15-3-4-15/h2,5-6,9,12-13,15,20H,3-4,7-8,10-11H2,1H3. The average Bonchev–Trinajstić information content (AvgIpc) is 3.47. The highest BCUT2D eigenvalue weighted by Gasteiger charge is 2.37. The van der Waals surface area contributed by atoms with Crippen LogP contribution in [0.15, 0.2) is 30.5 Å². The Hall–Kier alpha value is -1.86. The third-order valence-electron chi connectivity index (χ3n) is 5.06. The number of pyridine rings is 1. The molecule has 1 N–H and O–H groups in total. The molecule has 25 heavy (non-hydrogen) atoms. The number of nitrogens with zero attached hydrogens (tertiary/aromatic N) is 2. The molecule has 0 amide bonds. The highest BCUT2D eigenvalue weighted by molar-refractivity contribution is 7.90. The molecule has 0 spiro atoms. The molecular formula is C18H23N3O3S. The third-order valence-corrected chi connectivity index (χ3v) is 7.07. The van der Waals surface area contributed by atoms with Crippen molar-refractivity contribution in [3.8, 4) is 5.75 Å². The Morgan fingerprint density at radius 1 is 1.16 bits per heavy atom. The lowest BCUT2D eigenvalue weighted by Crippen LogP contribution is -2.45. The monoisotopic (exact) mass is 361 g/mol. The molecule has 1 saturated heterocycles. The number of rotatable bonds is 5. The smallest absolute Gasteiger partial charge is 0.214 e. The van der Waals surface area contributed by atoms with Gasteiger partial charge in [-0.05, 0) is 49.9 Å². The molecule has 2 aromatic rings. The molecule has 7 heteroatoms. The highest BCUT2D eigenvalue weighted by Crippen LogP contribution is 2.32. The Bertz CT molecular complexity index is 872. The number of nitrogens with one attached hydrogen (secondary N) is 1. The molecule has 0 bridgehead atoms. The number of benzene rings is 1. The van der Waals surface area contributed by atoms with Gasteiger partial charge in [0.15, 0.2) is 0 Å². The van der Waals surface area contributed by atoms with Gasteiger partial charge < -0.3 is 9.64 Å². The molecular weight excluding hydrogens is 338 g/mol. The Morgan fingerprint density at radius 2 is 1.92 bits per heavy atom. The molecule has 4 rings (SSSR count). The summed E-state index contributed by atoms with van der Waals surface area (Å²) in [5.74, 6) is 0.814. The second-order valence-electron chi connectivity index (χ2n) is 6.84. The van der Waals surface area contributed by atoms with E-state index in [1.807, 2.05) is 30.5 Å². The van der Waals surface area contributed by atoms with Crippen LogP contribution in [0.4, 0.5) is 5.69 Å². The van der Waals surface area contributed by atoms with Gasteiger partial charge in [-0.25, -0.2) is 13.1 Å². The lowest BCUT2D eigenvalue weighted by molar-refractivity contribution is 0.415. The first-order valence-electron chi connectivity index (χ1n) is 8.76. The lowest BCUT2D eigenvalue weighted by Gasteiger charge is -2.34. The van der Waals surface area contributed by atoms with Gasteiger partial charge in [0.2, 0.25) is 10.0 Å². The highest BCUT2D eigenvalue weighted by atomic mass is 32.2. The fourth-order valence-electron chi connectivity index (χ4n) is 3.46. The molecule has 2 aliphatic rings. The summed E-state index contributed by atoms with van der Waals surface area (Å²) in [6, 6.07) is 7.96. The zero-order valence-electron chi connectivity index (χ0n) is 14.3. The number of hydrogen-bond donors (Lipinski definition) is 1. The molecule has 2 fully saturated rings. The van der Waals surface area contributed by atoms with Crippen molar-refractivity contribution in [1.29, 1.82) is 0 Å². The molecule has 0 unspecified atom stereocenters. The van der Waals surface area contributed by atoms with Gasteiger partial charge in [-0.2, -0.15) is 0 Å². The summed E-state index contributed by atoms with van der Waals surface area (Å²) in [4.78, 5) is 6.74. The minimum atomic E-state index is -3.11. The topological polar surface area (TPSA) is 71.5 Å². The van der Waals surface area contributed by atoms with Crippen molar-refractivity contribution in [2.24, 2.45) is 0 Å². The zero-order chi connectivity index (χ0) is 17.4. The van der Waals surface area contributed by atoms with Crippen molar-refractivity contribution < 1.29 is 13.2 Å². The van der Waals surface area contributed by atoms with E-state index in [-0.39, 0.29) is 11.3 Å². The third kappa shape index (κ3) is 3.43. The molecule has 6 nitrogen and oxygen atoms in total. The summed E-state index contributed by atoms with van der Waals surface area (Å²) in [6.07, 6.45) is 5.07. The van der Waals surface area contributed by atoms with Crippen molar-refractivity contribution in [1.82, 2.24) is 9.71 Å². The first kappa shape index (κ1) is 16.6. The number of anilines is 1. The van der Waals surface area contributed by atoms with E-state index in [1.165, 1.54) is 0 Å². The molecule has 1 saturated carbocycles. The van der Waals surface area contributed by atoms with Gasteiger partial charge in [-0.15, -0.1) is 0 Å². The van der Waals surface area contributed by atoms with Gasteiger partial charge >= 0.3 is 0 Å². The molecule has 2 heterocycles. The summed E-state index contributed by atoms with van der Waals surface area (Å²) in [5, 5.41) is 0.918. The van der Waals surface area contributed by atoms with Crippen LogP contribution < -0.4 is 14.4 Å². The van der Waals surface area contributed by atoms with E-state index in [4.69, 9.17) is 4.74 Å². The lowest BCUT2D eigenvalue weighted by atomic mass is 10.0. The van der Waals surface area contributed by atoms with Crippen LogP contribution in [0.5, 0.6) is 5.75 Å². The minimum absolute atomic E-state index is 0.0458. The first-order valence-corrected chi connectivity index (χ1v) is 10.3. The van der Waals surface area contributed by atoms with Crippen LogP contribution in [0, 0.1) is 0 Å². The molecule has 1 aliphatic carbocycles. The fourth-order valence-corrected chi connectivity index (χ4v) is 5.11. The Kier molecular flexibility index (Phi) is 4.29. The molecule has 0 atom stereocenters. The van der Waals surface area contributed by atoms with Crippen LogP contribution in [0.25, 0.3) is 10.9 Å². The zero-order valence-corrected chi connectivity index (χ0v) is 15.1. The summed E-state index contributed by atoms with van der Waals surface area (Å²) in [5.41, 5.74) is 2.07. The molecule has 1 aromatic carbocycles. The largest absolute Gasteiger partial charge is 0.497 e. The number of ether oxygens (including phenoxy) is 1. The van der Waals surface area contributed by atoms with Crippen LogP contribution in [-0.2, 0) is 10.0 Å². The second-order valence-corrected chi connectivity index (χ2v) is 8.83. The van der Waals surface area contributed by atoms with E-state index in [0.29, 0.717) is 0 Å². The van der Waals surface area contributed by atoms with Crippen molar-refractivity contribution in [3.63, 3.8) is 0 Å². The van der Waals surface area contributed by atoms with Crippen LogP contribution in [0.1, 0.15) is 25.7 Å². The van der Waals surface area contributed by atoms with Crippen molar-refractivity contribution in [3.05, 3.63) is 30.5 Å². The van der Waals surface area contributed by atoms with Crippen LogP contribution >= 0.6 is 0 Å². The minimum Gasteiger partial charge on any atom is -0.497 e. The predicted molar refractivity (Wildman–Crippen MR) is 98.6 cm³/mol. The van der Waals surface area contributed by atoms with Crippen molar-refractivity contribution in [2.75, 3.05) is 25.1 Å². The first-order chi connectivity index (χ1) is 12.1. The predicted octanol–water partition coefficient (Wildman–Crippen LogP) is 2.29. The van der Waals surface area contributed by atoms with E-state index in [1.54, 1.807) is 7.11 Å². The maximum Gasteiger partial charge on any atom is 0.214 e. The van der Waals surface area contributed by atoms with Crippen LogP contribution in [0.3, 0.4) is 0 Å². The summed E-state index contributed by atoms with van der Waals surface area (Å²) in [6.45, 7) is 1.66. The Balaban J connectivity index is 1.50. The Morgan fingerprint density at radius 3 is 2.60 bits per heavy atom. The number of methoxy groups -OCH3 is 1. The summed E-state index contributed by atoms with van der Waals surface area (Å²) in [7, 11) is -1.45. The van der Waals surface area contributed by atoms with Gasteiger partial charge in [-0.1, -0.05) is 0 Å². The summed E-state index contributed by atoms with van der Waals surface area (Å²) >= 11 is 0. The molecule has 1 aromatic heterocycles. The normalized spacial score (nSPS) is 19.3. The molecule has 134 valence electrons. The number of aromatic nitrogens is 1. The van der Waals surface area contributed by atoms with E-state index in [0.717, 1.165) is 61.1 Å². The van der Waals surface area contributed by atoms with Gasteiger partial charge in [0, 0.05) is 36.4 Å². The van der Waals surface area contributed by atoms with E-state index in [2.05, 4.69) is 14.6 Å². The second kappa shape index (κ2) is 6.46. The van der Waals surface area contributed by atoms with E-state index >= 15 is 0 Å². The van der Waals surface area contributed by atoms with Crippen molar-refractivity contribution in [2.45, 2.75) is 37.0 Å². The molecule has 1 aliphatic heterocycles. The van der Waals surface area contributed by atoms with E-state index in [9.17, 15) is 8.42 Å². The SMILES string of the molecule is COc1ccc2nccc(N3CCC(NS(=O)(=O)C4CC4)CC3)c2c1. The number of piperidine rings is 1. The van der Waals surface area contributed by atoms with Crippen molar-refractivity contribution >= 4 is 26.6 Å². The van der Waals surface area contributed by atoms with Crippen LogP contribution in [-0.4, -0.2) is 44.9 Å². The maximum absolute atomic E-state index is 12.1. The summed E-state index contributed by atoms with van der Waals surface area (Å²) < 4.78 is 32.5.